The summed E-state index contributed by atoms with van der Waals surface area (Å²) >= 11 is 3.24. The van der Waals surface area contributed by atoms with E-state index in [1.165, 1.54) is 11.0 Å². The van der Waals surface area contributed by atoms with Crippen molar-refractivity contribution in [2.45, 2.75) is 6.92 Å². The zero-order valence-electron chi connectivity index (χ0n) is 9.31. The normalized spacial score (nSPS) is 10.0. The molecule has 0 aliphatic carbocycles. The molecule has 0 saturated carbocycles. The molecule has 1 aromatic carbocycles. The first-order chi connectivity index (χ1) is 7.95. The average Bonchev–Trinajstić information content (AvgIpc) is 2.28. The molecule has 0 aromatic heterocycles. The van der Waals surface area contributed by atoms with E-state index in [1.54, 1.807) is 19.1 Å². The lowest BCUT2D eigenvalue weighted by molar-refractivity contribution is -0.137. The van der Waals surface area contributed by atoms with Gasteiger partial charge in [-0.2, -0.15) is 0 Å². The second kappa shape index (κ2) is 5.67. The number of nitrogen functional groups attached to an aromatic ring is 1. The number of carbonyl (C=O) groups excluding carboxylic acids is 1. The maximum absolute atomic E-state index is 12.1. The minimum absolute atomic E-state index is 0.323. The molecule has 0 atom stereocenters. The molecular weight excluding hydrogens is 288 g/mol. The number of carboxylic acids is 1. The maximum Gasteiger partial charge on any atom is 0.323 e. The number of rotatable bonds is 4. The first kappa shape index (κ1) is 13.5. The predicted molar refractivity (Wildman–Crippen MR) is 67.8 cm³/mol. The van der Waals surface area contributed by atoms with Crippen molar-refractivity contribution in [3.8, 4) is 0 Å². The third-order valence-corrected chi connectivity index (χ3v) is 2.91. The minimum Gasteiger partial charge on any atom is -0.480 e. The molecule has 0 saturated heterocycles. The van der Waals surface area contributed by atoms with Crippen LogP contribution in [0.2, 0.25) is 0 Å². The Bertz CT molecular complexity index is 448. The Kier molecular flexibility index (Phi) is 4.51. The molecule has 5 nitrogen and oxygen atoms in total. The summed E-state index contributed by atoms with van der Waals surface area (Å²) < 4.78 is 0.598. The van der Waals surface area contributed by atoms with Gasteiger partial charge in [-0.3, -0.25) is 9.59 Å². The lowest BCUT2D eigenvalue weighted by Crippen LogP contribution is -2.35. The molecular formula is C11H13BrN2O3. The molecule has 1 aromatic rings. The Morgan fingerprint density at radius 3 is 2.65 bits per heavy atom. The highest BCUT2D eigenvalue weighted by Gasteiger charge is 2.19. The van der Waals surface area contributed by atoms with Crippen LogP contribution in [0.25, 0.3) is 0 Å². The van der Waals surface area contributed by atoms with E-state index in [4.69, 9.17) is 10.8 Å². The maximum atomic E-state index is 12.1. The Hall–Kier alpha value is -1.56. The number of carboxylic acid groups (broad SMARTS) is 1. The molecule has 0 fully saturated rings. The molecule has 17 heavy (non-hydrogen) atoms. The van der Waals surface area contributed by atoms with Gasteiger partial charge in [-0.1, -0.05) is 0 Å². The monoisotopic (exact) mass is 300 g/mol. The average molecular weight is 301 g/mol. The summed E-state index contributed by atoms with van der Waals surface area (Å²) in [5.74, 6) is -1.39. The largest absolute Gasteiger partial charge is 0.480 e. The van der Waals surface area contributed by atoms with Crippen LogP contribution in [-0.4, -0.2) is 35.0 Å². The van der Waals surface area contributed by atoms with Gasteiger partial charge in [-0.15, -0.1) is 0 Å². The first-order valence-electron chi connectivity index (χ1n) is 5.01. The van der Waals surface area contributed by atoms with Crippen LogP contribution in [0, 0.1) is 0 Å². The molecule has 0 radical (unpaired) electrons. The fourth-order valence-electron chi connectivity index (χ4n) is 1.37. The van der Waals surface area contributed by atoms with Crippen LogP contribution in [0.15, 0.2) is 22.7 Å². The van der Waals surface area contributed by atoms with E-state index in [1.807, 2.05) is 0 Å². The van der Waals surface area contributed by atoms with Crippen molar-refractivity contribution in [3.63, 3.8) is 0 Å². The van der Waals surface area contributed by atoms with Gasteiger partial charge < -0.3 is 15.7 Å². The minimum atomic E-state index is -1.04. The highest BCUT2D eigenvalue weighted by atomic mass is 79.9. The summed E-state index contributed by atoms with van der Waals surface area (Å²) in [6, 6.07) is 4.85. The second-order valence-corrected chi connectivity index (χ2v) is 4.31. The SMILES string of the molecule is CCN(CC(=O)O)C(=O)c1cc(N)ccc1Br. The topological polar surface area (TPSA) is 83.6 Å². The van der Waals surface area contributed by atoms with Crippen molar-refractivity contribution in [2.75, 3.05) is 18.8 Å². The highest BCUT2D eigenvalue weighted by Crippen LogP contribution is 2.21. The zero-order chi connectivity index (χ0) is 13.0. The van der Waals surface area contributed by atoms with Crippen molar-refractivity contribution in [2.24, 2.45) is 0 Å². The van der Waals surface area contributed by atoms with Gasteiger partial charge in [0, 0.05) is 16.7 Å². The number of amides is 1. The number of hydrogen-bond acceptors (Lipinski definition) is 3. The van der Waals surface area contributed by atoms with Crippen LogP contribution >= 0.6 is 15.9 Å². The van der Waals surface area contributed by atoms with Crippen LogP contribution in [0.3, 0.4) is 0 Å². The van der Waals surface area contributed by atoms with Gasteiger partial charge >= 0.3 is 5.97 Å². The van der Waals surface area contributed by atoms with Crippen molar-refractivity contribution in [1.29, 1.82) is 0 Å². The molecule has 0 unspecified atom stereocenters. The number of nitrogens with two attached hydrogens (primary N) is 1. The van der Waals surface area contributed by atoms with E-state index < -0.39 is 5.97 Å². The van der Waals surface area contributed by atoms with Crippen molar-refractivity contribution >= 4 is 33.5 Å². The predicted octanol–water partition coefficient (Wildman–Crippen LogP) is 1.58. The molecule has 3 N–H and O–H groups in total. The van der Waals surface area contributed by atoms with Crippen LogP contribution in [0.4, 0.5) is 5.69 Å². The quantitative estimate of drug-likeness (QED) is 0.827. The van der Waals surface area contributed by atoms with E-state index in [2.05, 4.69) is 15.9 Å². The van der Waals surface area contributed by atoms with Crippen molar-refractivity contribution < 1.29 is 14.7 Å². The third-order valence-electron chi connectivity index (χ3n) is 2.22. The summed E-state index contributed by atoms with van der Waals surface area (Å²) in [5.41, 5.74) is 6.43. The first-order valence-corrected chi connectivity index (χ1v) is 5.81. The van der Waals surface area contributed by atoms with Gasteiger partial charge in [0.15, 0.2) is 0 Å². The highest BCUT2D eigenvalue weighted by molar-refractivity contribution is 9.10. The van der Waals surface area contributed by atoms with Crippen LogP contribution in [-0.2, 0) is 4.79 Å². The fraction of sp³-hybridized carbons (Fsp3) is 0.273. The Morgan fingerprint density at radius 2 is 2.12 bits per heavy atom. The number of benzene rings is 1. The molecule has 6 heteroatoms. The van der Waals surface area contributed by atoms with Gasteiger partial charge in [0.05, 0.1) is 5.56 Å². The summed E-state index contributed by atoms with van der Waals surface area (Å²) in [5, 5.41) is 8.70. The van der Waals surface area contributed by atoms with E-state index >= 15 is 0 Å². The van der Waals surface area contributed by atoms with Crippen LogP contribution in [0.1, 0.15) is 17.3 Å². The smallest absolute Gasteiger partial charge is 0.323 e. The van der Waals surface area contributed by atoms with E-state index in [9.17, 15) is 9.59 Å². The Labute approximate surface area is 107 Å². The van der Waals surface area contributed by atoms with E-state index in [0.717, 1.165) is 0 Å². The third kappa shape index (κ3) is 3.45. The van der Waals surface area contributed by atoms with Crippen molar-refractivity contribution in [3.05, 3.63) is 28.2 Å². The summed E-state index contributed by atoms with van der Waals surface area (Å²) in [7, 11) is 0. The van der Waals surface area contributed by atoms with Gasteiger partial charge in [0.1, 0.15) is 6.54 Å². The lowest BCUT2D eigenvalue weighted by Gasteiger charge is -2.19. The van der Waals surface area contributed by atoms with E-state index in [-0.39, 0.29) is 12.5 Å². The summed E-state index contributed by atoms with van der Waals surface area (Å²) in [6.45, 7) is 1.73. The number of aliphatic carboxylic acids is 1. The lowest BCUT2D eigenvalue weighted by atomic mass is 10.1. The number of likely N-dealkylation sites (N-methyl/N-ethyl adjacent to an activating group) is 1. The van der Waals surface area contributed by atoms with E-state index in [0.29, 0.717) is 22.3 Å². The number of halogens is 1. The Morgan fingerprint density at radius 1 is 1.47 bits per heavy atom. The standard InChI is InChI=1S/C11H13BrN2O3/c1-2-14(6-10(15)16)11(17)8-5-7(13)3-4-9(8)12/h3-5H,2,6,13H2,1H3,(H,15,16). The number of anilines is 1. The van der Waals surface area contributed by atoms with Gasteiger partial charge in [-0.25, -0.2) is 0 Å². The molecule has 0 bridgehead atoms. The zero-order valence-corrected chi connectivity index (χ0v) is 10.9. The molecule has 1 rings (SSSR count). The number of nitrogens with zero attached hydrogens (tertiary/aromatic N) is 1. The molecule has 92 valence electrons. The molecule has 0 heterocycles. The molecule has 0 spiro atoms. The Balaban J connectivity index is 3.01. The van der Waals surface area contributed by atoms with Crippen LogP contribution < -0.4 is 5.73 Å². The van der Waals surface area contributed by atoms with Crippen LogP contribution in [0.5, 0.6) is 0 Å². The number of hydrogen-bond donors (Lipinski definition) is 2. The number of carbonyl (C=O) groups is 2. The second-order valence-electron chi connectivity index (χ2n) is 3.45. The summed E-state index contributed by atoms with van der Waals surface area (Å²) in [6.07, 6.45) is 0. The molecule has 1 amide bonds. The van der Waals surface area contributed by atoms with Gasteiger partial charge in [0.2, 0.25) is 0 Å². The molecule has 0 aliphatic rings. The summed E-state index contributed by atoms with van der Waals surface area (Å²) in [4.78, 5) is 23.9. The fourth-order valence-corrected chi connectivity index (χ4v) is 1.78. The van der Waals surface area contributed by atoms with Gasteiger partial charge in [0.25, 0.3) is 5.91 Å². The molecule has 0 aliphatic heterocycles. The van der Waals surface area contributed by atoms with Gasteiger partial charge in [-0.05, 0) is 41.1 Å². The van der Waals surface area contributed by atoms with Crippen molar-refractivity contribution in [1.82, 2.24) is 4.90 Å².